The van der Waals surface area contributed by atoms with E-state index in [1.54, 1.807) is 24.3 Å². The summed E-state index contributed by atoms with van der Waals surface area (Å²) in [5.74, 6) is 0.443. The average Bonchev–Trinajstić information content (AvgIpc) is 2.91. The summed E-state index contributed by atoms with van der Waals surface area (Å²) in [5, 5.41) is 2.84. The van der Waals surface area contributed by atoms with E-state index < -0.39 is 0 Å². The maximum Gasteiger partial charge on any atom is 0.258 e. The van der Waals surface area contributed by atoms with Crippen LogP contribution in [0.3, 0.4) is 0 Å². The van der Waals surface area contributed by atoms with E-state index in [1.807, 2.05) is 6.92 Å². The Kier molecular flexibility index (Phi) is 5.14. The summed E-state index contributed by atoms with van der Waals surface area (Å²) >= 11 is 4.87. The van der Waals surface area contributed by atoms with Crippen molar-refractivity contribution in [3.8, 4) is 5.75 Å². The summed E-state index contributed by atoms with van der Waals surface area (Å²) in [5.41, 5.74) is 6.04. The predicted molar refractivity (Wildman–Crippen MR) is 84.4 cm³/mol. The third-order valence-corrected chi connectivity index (χ3v) is 3.70. The van der Waals surface area contributed by atoms with Gasteiger partial charge in [-0.25, -0.2) is 0 Å². The van der Waals surface area contributed by atoms with E-state index in [2.05, 4.69) is 5.32 Å². The molecule has 0 spiro atoms. The van der Waals surface area contributed by atoms with Gasteiger partial charge in [0, 0.05) is 18.7 Å². The van der Waals surface area contributed by atoms with Crippen molar-refractivity contribution >= 4 is 23.1 Å². The first kappa shape index (κ1) is 15.7. The van der Waals surface area contributed by atoms with E-state index in [4.69, 9.17) is 27.4 Å². The number of hydrogen-bond donors (Lipinski definition) is 2. The third-order valence-electron chi connectivity index (χ3n) is 3.47. The van der Waals surface area contributed by atoms with Crippen molar-refractivity contribution in [2.24, 2.45) is 5.73 Å². The monoisotopic (exact) mass is 308 g/mol. The van der Waals surface area contributed by atoms with Crippen molar-refractivity contribution in [3.63, 3.8) is 0 Å². The van der Waals surface area contributed by atoms with Crippen LogP contribution in [-0.4, -0.2) is 36.3 Å². The molecule has 1 unspecified atom stereocenters. The van der Waals surface area contributed by atoms with Gasteiger partial charge in [-0.1, -0.05) is 12.2 Å². The summed E-state index contributed by atoms with van der Waals surface area (Å²) in [6.45, 7) is 3.26. The quantitative estimate of drug-likeness (QED) is 0.777. The van der Waals surface area contributed by atoms with Gasteiger partial charge in [0.1, 0.15) is 10.7 Å². The number of thiocarbonyl (C=S) groups is 1. The number of carbonyl (C=O) groups excluding carboxylic acids is 1. The van der Waals surface area contributed by atoms with Crippen molar-refractivity contribution in [1.29, 1.82) is 0 Å². The number of hydrogen-bond acceptors (Lipinski definition) is 4. The topological polar surface area (TPSA) is 73.6 Å². The highest BCUT2D eigenvalue weighted by Crippen LogP contribution is 2.23. The van der Waals surface area contributed by atoms with Crippen LogP contribution in [0.4, 0.5) is 0 Å². The van der Waals surface area contributed by atoms with Crippen LogP contribution in [0.25, 0.3) is 0 Å². The molecule has 1 aliphatic rings. The number of rotatable bonds is 6. The van der Waals surface area contributed by atoms with Crippen LogP contribution in [-0.2, 0) is 9.53 Å². The zero-order chi connectivity index (χ0) is 15.3. The summed E-state index contributed by atoms with van der Waals surface area (Å²) in [4.78, 5) is 12.1. The molecule has 5 nitrogen and oxygen atoms in total. The largest absolute Gasteiger partial charge is 0.484 e. The summed E-state index contributed by atoms with van der Waals surface area (Å²) < 4.78 is 11.0. The van der Waals surface area contributed by atoms with Crippen molar-refractivity contribution in [2.75, 3.05) is 19.8 Å². The van der Waals surface area contributed by atoms with Crippen molar-refractivity contribution in [2.45, 2.75) is 25.4 Å². The lowest BCUT2D eigenvalue weighted by Gasteiger charge is -2.23. The Morgan fingerprint density at radius 1 is 1.48 bits per heavy atom. The van der Waals surface area contributed by atoms with Gasteiger partial charge in [0.25, 0.3) is 5.91 Å². The maximum atomic E-state index is 11.8. The lowest BCUT2D eigenvalue weighted by molar-refractivity contribution is -0.124. The zero-order valence-electron chi connectivity index (χ0n) is 12.1. The standard InChI is InChI=1S/C15H20N2O3S/c1-15(7-2-8-20-15)10-17-13(18)9-19-12-5-3-11(4-6-12)14(16)21/h3-6H,2,7-10H2,1H3,(H2,16,21)(H,17,18). The fourth-order valence-electron chi connectivity index (χ4n) is 2.18. The molecule has 3 N–H and O–H groups in total. The molecule has 1 aromatic rings. The molecule has 0 radical (unpaired) electrons. The molecule has 1 aromatic carbocycles. The minimum absolute atomic E-state index is 0.0253. The summed E-state index contributed by atoms with van der Waals surface area (Å²) in [7, 11) is 0. The van der Waals surface area contributed by atoms with Crippen LogP contribution in [0.15, 0.2) is 24.3 Å². The fraction of sp³-hybridized carbons (Fsp3) is 0.467. The van der Waals surface area contributed by atoms with Crippen LogP contribution in [0, 0.1) is 0 Å². The number of nitrogens with one attached hydrogen (secondary N) is 1. The second-order valence-electron chi connectivity index (χ2n) is 5.36. The lowest BCUT2D eigenvalue weighted by atomic mass is 10.0. The highest BCUT2D eigenvalue weighted by atomic mass is 32.1. The highest BCUT2D eigenvalue weighted by Gasteiger charge is 2.29. The van der Waals surface area contributed by atoms with Gasteiger partial charge >= 0.3 is 0 Å². The molecule has 2 rings (SSSR count). The SMILES string of the molecule is CC1(CNC(=O)COc2ccc(C(N)=S)cc2)CCCO1. The zero-order valence-corrected chi connectivity index (χ0v) is 12.9. The average molecular weight is 308 g/mol. The number of amides is 1. The van der Waals surface area contributed by atoms with Crippen LogP contribution >= 0.6 is 12.2 Å². The van der Waals surface area contributed by atoms with Gasteiger partial charge < -0.3 is 20.5 Å². The van der Waals surface area contributed by atoms with Crippen LogP contribution in [0.1, 0.15) is 25.3 Å². The minimum Gasteiger partial charge on any atom is -0.484 e. The van der Waals surface area contributed by atoms with Crippen molar-refractivity contribution in [3.05, 3.63) is 29.8 Å². The van der Waals surface area contributed by atoms with Crippen molar-refractivity contribution < 1.29 is 14.3 Å². The molecular weight excluding hydrogens is 288 g/mol. The summed E-state index contributed by atoms with van der Waals surface area (Å²) in [6.07, 6.45) is 2.01. The van der Waals surface area contributed by atoms with Gasteiger partial charge in [-0.05, 0) is 44.0 Å². The van der Waals surface area contributed by atoms with Crippen LogP contribution < -0.4 is 15.8 Å². The van der Waals surface area contributed by atoms with Gasteiger partial charge in [-0.15, -0.1) is 0 Å². The highest BCUT2D eigenvalue weighted by molar-refractivity contribution is 7.80. The maximum absolute atomic E-state index is 11.8. The molecule has 0 aromatic heterocycles. The molecule has 1 heterocycles. The first-order valence-electron chi connectivity index (χ1n) is 6.92. The number of carbonyl (C=O) groups is 1. The lowest BCUT2D eigenvalue weighted by Crippen LogP contribution is -2.41. The predicted octanol–water partition coefficient (Wildman–Crippen LogP) is 1.38. The van der Waals surface area contributed by atoms with Gasteiger partial charge in [0.05, 0.1) is 5.60 Å². The van der Waals surface area contributed by atoms with E-state index in [9.17, 15) is 4.79 Å². The molecule has 0 aliphatic carbocycles. The Balaban J connectivity index is 1.74. The molecule has 1 fully saturated rings. The third kappa shape index (κ3) is 4.68. The minimum atomic E-state index is -0.242. The molecule has 1 aliphatic heterocycles. The molecule has 0 bridgehead atoms. The normalized spacial score (nSPS) is 21.0. The van der Waals surface area contributed by atoms with Gasteiger partial charge in [0.15, 0.2) is 6.61 Å². The van der Waals surface area contributed by atoms with E-state index in [0.29, 0.717) is 17.3 Å². The first-order chi connectivity index (χ1) is 9.98. The number of nitrogens with two attached hydrogens (primary N) is 1. The summed E-state index contributed by atoms with van der Waals surface area (Å²) in [6, 6.07) is 7.01. The number of ether oxygens (including phenoxy) is 2. The van der Waals surface area contributed by atoms with E-state index in [1.165, 1.54) is 0 Å². The Labute approximate surface area is 129 Å². The molecule has 1 atom stereocenters. The van der Waals surface area contributed by atoms with E-state index in [-0.39, 0.29) is 18.1 Å². The van der Waals surface area contributed by atoms with Gasteiger partial charge in [0.2, 0.25) is 0 Å². The molecule has 1 amide bonds. The van der Waals surface area contributed by atoms with Gasteiger partial charge in [-0.2, -0.15) is 0 Å². The molecule has 21 heavy (non-hydrogen) atoms. The second kappa shape index (κ2) is 6.87. The Morgan fingerprint density at radius 3 is 2.76 bits per heavy atom. The molecule has 1 saturated heterocycles. The van der Waals surface area contributed by atoms with Crippen molar-refractivity contribution in [1.82, 2.24) is 5.32 Å². The molecule has 6 heteroatoms. The second-order valence-corrected chi connectivity index (χ2v) is 5.80. The fourth-order valence-corrected chi connectivity index (χ4v) is 2.31. The first-order valence-corrected chi connectivity index (χ1v) is 7.33. The number of benzene rings is 1. The Hall–Kier alpha value is -1.66. The smallest absolute Gasteiger partial charge is 0.258 e. The van der Waals surface area contributed by atoms with Crippen LogP contribution in [0.5, 0.6) is 5.75 Å². The van der Waals surface area contributed by atoms with Crippen LogP contribution in [0.2, 0.25) is 0 Å². The van der Waals surface area contributed by atoms with E-state index >= 15 is 0 Å². The Morgan fingerprint density at radius 2 is 2.19 bits per heavy atom. The van der Waals surface area contributed by atoms with E-state index in [0.717, 1.165) is 25.0 Å². The van der Waals surface area contributed by atoms with Gasteiger partial charge in [-0.3, -0.25) is 4.79 Å². The molecule has 0 saturated carbocycles. The Bertz CT molecular complexity index is 510. The molecular formula is C15H20N2O3S. The molecule has 114 valence electrons.